The van der Waals surface area contributed by atoms with Gasteiger partial charge in [0.2, 0.25) is 0 Å². The van der Waals surface area contributed by atoms with E-state index in [1.807, 2.05) is 43.0 Å². The van der Waals surface area contributed by atoms with Crippen LogP contribution in [0.4, 0.5) is 0 Å². The highest BCUT2D eigenvalue weighted by atomic mass is 32.2. The molecule has 126 valence electrons. The number of aromatic nitrogens is 1. The molecule has 0 saturated carbocycles. The summed E-state index contributed by atoms with van der Waals surface area (Å²) in [5, 5.41) is 0.763. The van der Waals surface area contributed by atoms with Gasteiger partial charge in [0, 0.05) is 5.75 Å². The van der Waals surface area contributed by atoms with Crippen molar-refractivity contribution in [3.8, 4) is 5.19 Å². The Kier molecular flexibility index (Phi) is 11.2. The summed E-state index contributed by atoms with van der Waals surface area (Å²) in [4.78, 5) is 4.30. The zero-order valence-electron chi connectivity index (χ0n) is 12.3. The normalized spacial score (nSPS) is 9.13. The lowest BCUT2D eigenvalue weighted by Crippen LogP contribution is -1.88. The molecule has 0 saturated heterocycles. The minimum atomic E-state index is 0. The Morgan fingerprint density at radius 2 is 1.65 bits per heavy atom. The number of hydrogen-bond acceptors (Lipinski definition) is 4. The first kappa shape index (κ1) is 21.5. The number of thiazole rings is 1. The molecule has 1 heterocycles. The zero-order valence-corrected chi connectivity index (χ0v) is 13.9. The van der Waals surface area contributed by atoms with Crippen LogP contribution in [-0.4, -0.2) is 17.8 Å². The third-order valence-corrected chi connectivity index (χ3v) is 4.27. The molecule has 0 unspecified atom stereocenters. The second-order valence-electron chi connectivity index (χ2n) is 4.30. The predicted molar refractivity (Wildman–Crippen MR) is 108 cm³/mol. The molecule has 2 aromatic carbocycles. The van der Waals surface area contributed by atoms with Crippen LogP contribution >= 0.6 is 23.1 Å². The van der Waals surface area contributed by atoms with E-state index in [0.717, 1.165) is 16.5 Å². The van der Waals surface area contributed by atoms with E-state index in [4.69, 9.17) is 4.74 Å². The van der Waals surface area contributed by atoms with Crippen molar-refractivity contribution in [2.75, 3.05) is 12.9 Å². The average molecular weight is 350 g/mol. The summed E-state index contributed by atoms with van der Waals surface area (Å²) in [6.45, 7) is 2.64. The summed E-state index contributed by atoms with van der Waals surface area (Å²) in [7, 11) is 0. The molecule has 0 aliphatic heterocycles. The van der Waals surface area contributed by atoms with Gasteiger partial charge in [-0.25, -0.2) is 4.98 Å². The van der Waals surface area contributed by atoms with Crippen LogP contribution in [0.5, 0.6) is 5.19 Å². The maximum absolute atomic E-state index is 5.30. The molecule has 0 fully saturated rings. The molecule has 4 heteroatoms. The number of hydrogen-bond donors (Lipinski definition) is 0. The van der Waals surface area contributed by atoms with Crippen LogP contribution in [0.25, 0.3) is 10.2 Å². The maximum atomic E-state index is 5.30. The number of thioether (sulfide) groups is 1. The summed E-state index contributed by atoms with van der Waals surface area (Å²) in [5.41, 5.74) is 2.43. The topological polar surface area (TPSA) is 22.1 Å². The number of benzene rings is 2. The Balaban J connectivity index is 0.000000401. The first-order valence-electron chi connectivity index (χ1n) is 6.84. The fourth-order valence-corrected chi connectivity index (χ4v) is 3.18. The first-order valence-corrected chi connectivity index (χ1v) is 9.05. The van der Waals surface area contributed by atoms with Gasteiger partial charge in [-0.05, 0) is 30.9 Å². The molecule has 0 bridgehead atoms. The molecule has 0 spiro atoms. The van der Waals surface area contributed by atoms with Gasteiger partial charge in [0.05, 0.1) is 16.8 Å². The van der Waals surface area contributed by atoms with Gasteiger partial charge in [0.1, 0.15) is 0 Å². The quantitative estimate of drug-likeness (QED) is 0.535. The molecule has 0 amide bonds. The maximum Gasteiger partial charge on any atom is 0.274 e. The van der Waals surface area contributed by atoms with Gasteiger partial charge in [-0.3, -0.25) is 0 Å². The number of ether oxygens (including phenoxy) is 1. The van der Waals surface area contributed by atoms with E-state index >= 15 is 0 Å². The third kappa shape index (κ3) is 7.06. The lowest BCUT2D eigenvalue weighted by Gasteiger charge is -1.93. The molecule has 3 rings (SSSR count). The molecule has 0 aliphatic carbocycles. The van der Waals surface area contributed by atoms with Crippen LogP contribution < -0.4 is 4.74 Å². The minimum absolute atomic E-state index is 0. The van der Waals surface area contributed by atoms with Gasteiger partial charge < -0.3 is 4.74 Å². The van der Waals surface area contributed by atoms with Crippen molar-refractivity contribution in [2.45, 2.75) is 27.5 Å². The Morgan fingerprint density at radius 3 is 2.26 bits per heavy atom. The van der Waals surface area contributed by atoms with E-state index in [1.54, 1.807) is 11.3 Å². The highest BCUT2D eigenvalue weighted by Crippen LogP contribution is 2.26. The predicted octanol–water partition coefficient (Wildman–Crippen LogP) is 6.52. The number of nitrogens with zero attached hydrogens (tertiary/aromatic N) is 1. The van der Waals surface area contributed by atoms with Gasteiger partial charge in [0.25, 0.3) is 5.19 Å². The molecule has 0 N–H and O–H groups in total. The molecule has 3 aromatic rings. The lowest BCUT2D eigenvalue weighted by molar-refractivity contribution is 0.339. The van der Waals surface area contributed by atoms with Crippen molar-refractivity contribution in [2.24, 2.45) is 0 Å². The zero-order chi connectivity index (χ0) is 14.9. The van der Waals surface area contributed by atoms with Crippen molar-refractivity contribution in [3.63, 3.8) is 0 Å². The van der Waals surface area contributed by atoms with Gasteiger partial charge in [0.15, 0.2) is 0 Å². The van der Waals surface area contributed by atoms with Crippen LogP contribution in [0.3, 0.4) is 0 Å². The van der Waals surface area contributed by atoms with Crippen LogP contribution in [0.1, 0.15) is 27.3 Å². The summed E-state index contributed by atoms with van der Waals surface area (Å²) in [5.74, 6) is 1.13. The van der Waals surface area contributed by atoms with Crippen LogP contribution in [0.15, 0.2) is 54.6 Å². The Morgan fingerprint density at radius 1 is 1.00 bits per heavy atom. The van der Waals surface area contributed by atoms with Crippen molar-refractivity contribution >= 4 is 33.3 Å². The minimum Gasteiger partial charge on any atom is -0.470 e. The van der Waals surface area contributed by atoms with E-state index in [2.05, 4.69) is 41.6 Å². The molecule has 1 aromatic heterocycles. The molecule has 0 radical (unpaired) electrons. The summed E-state index contributed by atoms with van der Waals surface area (Å²) >= 11 is 3.44. The van der Waals surface area contributed by atoms with Crippen molar-refractivity contribution in [3.05, 3.63) is 60.2 Å². The second-order valence-corrected chi connectivity index (χ2v) is 6.16. The molecule has 23 heavy (non-hydrogen) atoms. The van der Waals surface area contributed by atoms with Crippen LogP contribution in [-0.2, 0) is 5.75 Å². The lowest BCUT2D eigenvalue weighted by atomic mass is 10.2. The SMILES string of the molecule is C.C.CCOc1nc2ccccc2s1.CSCc1ccccc1. The van der Waals surface area contributed by atoms with Crippen LogP contribution in [0, 0.1) is 0 Å². The Hall–Kier alpha value is -1.52. The number of rotatable bonds is 4. The van der Waals surface area contributed by atoms with Gasteiger partial charge in [-0.2, -0.15) is 11.8 Å². The summed E-state index contributed by atoms with van der Waals surface area (Å²) in [6, 6.07) is 18.5. The molecular formula is C19H27NOS2. The van der Waals surface area contributed by atoms with Crippen molar-refractivity contribution < 1.29 is 4.74 Å². The van der Waals surface area contributed by atoms with Gasteiger partial charge >= 0.3 is 0 Å². The molecule has 0 atom stereocenters. The van der Waals surface area contributed by atoms with Gasteiger partial charge in [-0.1, -0.05) is 68.7 Å². The highest BCUT2D eigenvalue weighted by Gasteiger charge is 2.01. The van der Waals surface area contributed by atoms with Gasteiger partial charge in [-0.15, -0.1) is 0 Å². The fourth-order valence-electron chi connectivity index (χ4n) is 1.78. The van der Waals surface area contributed by atoms with E-state index in [-0.39, 0.29) is 14.9 Å². The van der Waals surface area contributed by atoms with Crippen molar-refractivity contribution in [1.29, 1.82) is 0 Å². The van der Waals surface area contributed by atoms with E-state index < -0.39 is 0 Å². The summed E-state index contributed by atoms with van der Waals surface area (Å²) < 4.78 is 6.48. The molecule has 0 aliphatic rings. The molecule has 2 nitrogen and oxygen atoms in total. The fraction of sp³-hybridized carbons (Fsp3) is 0.316. The molecular weight excluding hydrogens is 322 g/mol. The van der Waals surface area contributed by atoms with E-state index in [1.165, 1.54) is 10.3 Å². The largest absolute Gasteiger partial charge is 0.470 e. The standard InChI is InChI=1S/C9H9NOS.C8H10S.2CH4/c1-2-11-9-10-7-5-3-4-6-8(7)12-9;1-9-7-8-5-3-2-4-6-8;;/h3-6H,2H2,1H3;2-6H,7H2,1H3;2*1H4. The Bertz CT molecular complexity index is 620. The monoisotopic (exact) mass is 349 g/mol. The smallest absolute Gasteiger partial charge is 0.274 e. The van der Waals surface area contributed by atoms with Crippen LogP contribution in [0.2, 0.25) is 0 Å². The Labute approximate surface area is 148 Å². The summed E-state index contributed by atoms with van der Waals surface area (Å²) in [6.07, 6.45) is 2.12. The first-order chi connectivity index (χ1) is 10.3. The second kappa shape index (κ2) is 12.0. The number of fused-ring (bicyclic) bond motifs is 1. The average Bonchev–Trinajstić information content (AvgIpc) is 2.92. The highest BCUT2D eigenvalue weighted by molar-refractivity contribution is 7.97. The third-order valence-electron chi connectivity index (χ3n) is 2.70. The van der Waals surface area contributed by atoms with E-state index in [0.29, 0.717) is 6.61 Å². The van der Waals surface area contributed by atoms with Crippen molar-refractivity contribution in [1.82, 2.24) is 4.98 Å². The van der Waals surface area contributed by atoms with E-state index in [9.17, 15) is 0 Å². The number of para-hydroxylation sites is 1.